The summed E-state index contributed by atoms with van der Waals surface area (Å²) < 4.78 is 11.5. The molecule has 2 N–H and O–H groups in total. The Morgan fingerprint density at radius 2 is 1.92 bits per heavy atom. The largest absolute Gasteiger partial charge is 0.480 e. The third-order valence-electron chi connectivity index (χ3n) is 4.51. The van der Waals surface area contributed by atoms with Crippen molar-refractivity contribution in [1.29, 1.82) is 0 Å². The van der Waals surface area contributed by atoms with Crippen LogP contribution in [0.25, 0.3) is 0 Å². The third kappa shape index (κ3) is 2.41. The first-order chi connectivity index (χ1) is 11.2. The maximum absolute atomic E-state index is 12.6. The molecule has 0 aromatic heterocycles. The number of nitrogens with one attached hydrogen (secondary N) is 1. The zero-order chi connectivity index (χ0) is 17.6. The maximum atomic E-state index is 12.6. The van der Waals surface area contributed by atoms with E-state index in [0.717, 1.165) is 10.5 Å². The maximum Gasteiger partial charge on any atom is 0.328 e. The van der Waals surface area contributed by atoms with Crippen LogP contribution < -0.4 is 5.32 Å². The molecular formula is C16H18N2O5S. The van der Waals surface area contributed by atoms with Gasteiger partial charge >= 0.3 is 5.97 Å². The zero-order valence-electron chi connectivity index (χ0n) is 13.3. The summed E-state index contributed by atoms with van der Waals surface area (Å²) >= 11 is 0. The van der Waals surface area contributed by atoms with Crippen molar-refractivity contribution in [2.45, 2.75) is 42.5 Å². The topological polar surface area (TPSA) is 104 Å². The number of hydrogen-bond donors (Lipinski definition) is 2. The Labute approximate surface area is 141 Å². The van der Waals surface area contributed by atoms with Gasteiger partial charge in [0.2, 0.25) is 11.8 Å². The fourth-order valence-electron chi connectivity index (χ4n) is 3.30. The van der Waals surface area contributed by atoms with E-state index in [0.29, 0.717) is 0 Å². The average Bonchev–Trinajstić information content (AvgIpc) is 2.71. The van der Waals surface area contributed by atoms with Crippen molar-refractivity contribution in [2.24, 2.45) is 0 Å². The average molecular weight is 350 g/mol. The number of carboxylic acids is 1. The lowest BCUT2D eigenvalue weighted by atomic mass is 9.96. The second kappa shape index (κ2) is 5.70. The summed E-state index contributed by atoms with van der Waals surface area (Å²) in [5.41, 5.74) is 0.801. The van der Waals surface area contributed by atoms with Crippen LogP contribution in [-0.2, 0) is 31.6 Å². The van der Waals surface area contributed by atoms with Gasteiger partial charge in [-0.05, 0) is 19.4 Å². The van der Waals surface area contributed by atoms with Crippen molar-refractivity contribution in [3.63, 3.8) is 0 Å². The third-order valence-corrected chi connectivity index (χ3v) is 6.71. The number of carbonyl (C=O) groups is 3. The van der Waals surface area contributed by atoms with Crippen molar-refractivity contribution in [3.05, 3.63) is 35.9 Å². The lowest BCUT2D eigenvalue weighted by Gasteiger charge is -2.43. The molecule has 128 valence electrons. The van der Waals surface area contributed by atoms with Crippen molar-refractivity contribution < 1.29 is 23.7 Å². The smallest absolute Gasteiger partial charge is 0.328 e. The summed E-state index contributed by atoms with van der Waals surface area (Å²) in [6.45, 7) is 3.13. The number of aliphatic carboxylic acids is 1. The van der Waals surface area contributed by atoms with E-state index in [-0.39, 0.29) is 12.3 Å². The van der Waals surface area contributed by atoms with Gasteiger partial charge in [0.1, 0.15) is 17.5 Å². The van der Waals surface area contributed by atoms with Crippen LogP contribution in [0.2, 0.25) is 0 Å². The summed E-state index contributed by atoms with van der Waals surface area (Å²) in [6, 6.07) is 6.99. The van der Waals surface area contributed by atoms with Gasteiger partial charge < -0.3 is 15.3 Å². The summed E-state index contributed by atoms with van der Waals surface area (Å²) in [5, 5.41) is 11.2. The molecule has 8 heteroatoms. The summed E-state index contributed by atoms with van der Waals surface area (Å²) in [6.07, 6.45) is 0.107. The molecule has 0 spiro atoms. The fourth-order valence-corrected chi connectivity index (χ4v) is 5.22. The molecule has 1 aromatic rings. The number of nitrogens with zero attached hydrogens (tertiary/aromatic N) is 1. The molecule has 0 saturated carbocycles. The minimum Gasteiger partial charge on any atom is -0.480 e. The molecule has 0 aliphatic carbocycles. The number of rotatable bonds is 4. The number of carbonyl (C=O) groups excluding carboxylic acids is 2. The van der Waals surface area contributed by atoms with E-state index in [1.165, 1.54) is 0 Å². The highest BCUT2D eigenvalue weighted by atomic mass is 32.2. The molecule has 2 heterocycles. The van der Waals surface area contributed by atoms with Crippen LogP contribution in [0, 0.1) is 0 Å². The van der Waals surface area contributed by atoms with Crippen LogP contribution in [-0.4, -0.2) is 54.2 Å². The summed E-state index contributed by atoms with van der Waals surface area (Å²) in [4.78, 5) is 37.0. The van der Waals surface area contributed by atoms with E-state index in [1.807, 2.05) is 18.2 Å². The van der Waals surface area contributed by atoms with Gasteiger partial charge in [-0.2, -0.15) is 0 Å². The quantitative estimate of drug-likeness (QED) is 0.737. The van der Waals surface area contributed by atoms with E-state index in [9.17, 15) is 23.7 Å². The van der Waals surface area contributed by atoms with Crippen LogP contribution in [0.3, 0.4) is 0 Å². The highest BCUT2D eigenvalue weighted by Gasteiger charge is 2.68. The van der Waals surface area contributed by atoms with Crippen molar-refractivity contribution >= 4 is 28.6 Å². The lowest BCUT2D eigenvalue weighted by Crippen LogP contribution is -2.71. The second-order valence-electron chi connectivity index (χ2n) is 6.49. The number of amides is 2. The van der Waals surface area contributed by atoms with Crippen LogP contribution in [0.5, 0.6) is 0 Å². The molecule has 0 bridgehead atoms. The highest BCUT2D eigenvalue weighted by molar-refractivity contribution is 7.87. The molecular weight excluding hydrogens is 332 g/mol. The SMILES string of the molecule is CC1(C)[C@@H](C(=O)O)N2C(=O)[C@@H](NC(=O)Cc3ccccc3)[C@@H]2[S@]1=O. The van der Waals surface area contributed by atoms with Gasteiger partial charge in [0.15, 0.2) is 0 Å². The van der Waals surface area contributed by atoms with Gasteiger partial charge in [0, 0.05) is 0 Å². The second-order valence-corrected chi connectivity index (χ2v) is 8.62. The van der Waals surface area contributed by atoms with Crippen LogP contribution in [0.4, 0.5) is 0 Å². The number of β-lactam (4-membered cyclic amide) rings is 1. The number of hydrogen-bond acceptors (Lipinski definition) is 4. The first-order valence-electron chi connectivity index (χ1n) is 7.54. The van der Waals surface area contributed by atoms with Gasteiger partial charge in [-0.3, -0.25) is 13.8 Å². The van der Waals surface area contributed by atoms with Gasteiger partial charge in [-0.1, -0.05) is 30.3 Å². The van der Waals surface area contributed by atoms with Crippen molar-refractivity contribution in [1.82, 2.24) is 10.2 Å². The Bertz CT molecular complexity index is 733. The monoisotopic (exact) mass is 350 g/mol. The minimum atomic E-state index is -1.58. The molecule has 24 heavy (non-hydrogen) atoms. The van der Waals surface area contributed by atoms with E-state index in [2.05, 4.69) is 5.32 Å². The van der Waals surface area contributed by atoms with Gasteiger partial charge in [-0.15, -0.1) is 0 Å². The molecule has 1 aromatic carbocycles. The normalized spacial score (nSPS) is 30.4. The molecule has 0 radical (unpaired) electrons. The molecule has 2 aliphatic heterocycles. The minimum absolute atomic E-state index is 0.107. The molecule has 7 nitrogen and oxygen atoms in total. The van der Waals surface area contributed by atoms with Gasteiger partial charge in [0.25, 0.3) is 0 Å². The summed E-state index contributed by atoms with van der Waals surface area (Å²) in [7, 11) is -1.58. The van der Waals surface area contributed by atoms with Crippen molar-refractivity contribution in [3.8, 4) is 0 Å². The predicted molar refractivity (Wildman–Crippen MR) is 86.4 cm³/mol. The van der Waals surface area contributed by atoms with Crippen molar-refractivity contribution in [2.75, 3.05) is 0 Å². The Balaban J connectivity index is 1.74. The van der Waals surface area contributed by atoms with E-state index in [1.54, 1.807) is 26.0 Å². The Kier molecular flexibility index (Phi) is 3.95. The first kappa shape index (κ1) is 16.6. The van der Waals surface area contributed by atoms with E-state index >= 15 is 0 Å². The van der Waals surface area contributed by atoms with Gasteiger partial charge in [0.05, 0.1) is 22.0 Å². The molecule has 2 fully saturated rings. The standard InChI is InChI=1S/C16H18N2O5S/c1-16(2)12(15(21)22)18-13(20)11(14(18)24(16)23)17-10(19)8-9-6-4-3-5-7-9/h3-7,11-12,14H,8H2,1-2H3,(H,17,19)(H,21,22)/t11-,12-,14+,24-/m1/s1. The Morgan fingerprint density at radius 1 is 1.29 bits per heavy atom. The number of benzene rings is 1. The molecule has 4 atom stereocenters. The van der Waals surface area contributed by atoms with Crippen LogP contribution in [0.15, 0.2) is 30.3 Å². The van der Waals surface area contributed by atoms with E-state index < -0.39 is 44.9 Å². The molecule has 2 amide bonds. The van der Waals surface area contributed by atoms with Crippen LogP contribution in [0.1, 0.15) is 19.4 Å². The Morgan fingerprint density at radius 3 is 2.50 bits per heavy atom. The summed E-state index contributed by atoms with van der Waals surface area (Å²) in [5.74, 6) is -2.03. The highest BCUT2D eigenvalue weighted by Crippen LogP contribution is 2.43. The first-order valence-corrected chi connectivity index (χ1v) is 8.75. The predicted octanol–water partition coefficient (Wildman–Crippen LogP) is -0.124. The fraction of sp³-hybridized carbons (Fsp3) is 0.438. The van der Waals surface area contributed by atoms with Gasteiger partial charge in [-0.25, -0.2) is 4.79 Å². The van der Waals surface area contributed by atoms with Crippen LogP contribution >= 0.6 is 0 Å². The molecule has 0 unspecified atom stereocenters. The zero-order valence-corrected chi connectivity index (χ0v) is 14.1. The Hall–Kier alpha value is -2.22. The molecule has 2 aliphatic rings. The molecule has 3 rings (SSSR count). The lowest BCUT2D eigenvalue weighted by molar-refractivity contribution is -0.161. The number of fused-ring (bicyclic) bond motifs is 1. The van der Waals surface area contributed by atoms with E-state index in [4.69, 9.17) is 0 Å². The molecule has 2 saturated heterocycles. The number of carboxylic acid groups (broad SMARTS) is 1.